The minimum absolute atomic E-state index is 0.00845. The third-order valence-electron chi connectivity index (χ3n) is 4.99. The molecule has 0 saturated carbocycles. The van der Waals surface area contributed by atoms with Crippen molar-refractivity contribution in [3.8, 4) is 22.8 Å². The maximum absolute atomic E-state index is 12.4. The molecule has 0 radical (unpaired) electrons. The molecule has 0 bridgehead atoms. The van der Waals surface area contributed by atoms with E-state index in [1.807, 2.05) is 43.3 Å². The van der Waals surface area contributed by atoms with Crippen LogP contribution in [0.4, 0.5) is 17.3 Å². The van der Waals surface area contributed by atoms with E-state index in [-0.39, 0.29) is 11.7 Å². The van der Waals surface area contributed by atoms with Crippen LogP contribution in [0.5, 0.6) is 11.5 Å². The third-order valence-corrected chi connectivity index (χ3v) is 4.99. The zero-order valence-electron chi connectivity index (χ0n) is 18.7. The molecule has 4 rings (SSSR count). The van der Waals surface area contributed by atoms with Gasteiger partial charge < -0.3 is 20.5 Å². The van der Waals surface area contributed by atoms with Crippen LogP contribution in [0.15, 0.2) is 79.3 Å². The number of aromatic hydroxyl groups is 1. The molecule has 0 unspecified atom stereocenters. The number of pyridine rings is 1. The maximum atomic E-state index is 12.4. The second kappa shape index (κ2) is 10.3. The average molecular weight is 454 g/mol. The number of aryl methyl sites for hydroxylation is 1. The van der Waals surface area contributed by atoms with Crippen molar-refractivity contribution < 1.29 is 14.6 Å². The van der Waals surface area contributed by atoms with Gasteiger partial charge in [-0.15, -0.1) is 0 Å². The summed E-state index contributed by atoms with van der Waals surface area (Å²) in [6.45, 7) is 1.95. The summed E-state index contributed by atoms with van der Waals surface area (Å²) >= 11 is 0. The lowest BCUT2D eigenvalue weighted by atomic mass is 10.1. The Bertz CT molecular complexity index is 1340. The number of benzene rings is 2. The predicted octanol–water partition coefficient (Wildman–Crippen LogP) is 4.96. The minimum Gasteiger partial charge on any atom is -0.504 e. The number of hydrogen-bond acceptors (Lipinski definition) is 7. The molecule has 170 valence electrons. The summed E-state index contributed by atoms with van der Waals surface area (Å²) in [6.07, 6.45) is 8.14. The molecule has 0 aliphatic rings. The molecule has 34 heavy (non-hydrogen) atoms. The predicted molar refractivity (Wildman–Crippen MR) is 132 cm³/mol. The van der Waals surface area contributed by atoms with E-state index in [0.717, 1.165) is 22.5 Å². The van der Waals surface area contributed by atoms with Crippen LogP contribution in [-0.4, -0.2) is 33.1 Å². The van der Waals surface area contributed by atoms with Crippen LogP contribution in [0.25, 0.3) is 17.3 Å². The van der Waals surface area contributed by atoms with Crippen molar-refractivity contribution in [1.82, 2.24) is 15.0 Å². The first-order valence-corrected chi connectivity index (χ1v) is 10.5. The van der Waals surface area contributed by atoms with Crippen LogP contribution in [0, 0.1) is 6.92 Å². The summed E-state index contributed by atoms with van der Waals surface area (Å²) < 4.78 is 5.03. The highest BCUT2D eigenvalue weighted by Gasteiger charge is 2.07. The van der Waals surface area contributed by atoms with Crippen molar-refractivity contribution in [3.63, 3.8) is 0 Å². The van der Waals surface area contributed by atoms with Crippen molar-refractivity contribution in [2.45, 2.75) is 6.92 Å². The first-order chi connectivity index (χ1) is 16.5. The quantitative estimate of drug-likeness (QED) is 0.339. The number of nitrogens with one attached hydrogen (secondary N) is 2. The molecule has 8 heteroatoms. The second-order valence-corrected chi connectivity index (χ2v) is 7.42. The molecule has 1 amide bonds. The fourth-order valence-electron chi connectivity index (χ4n) is 3.22. The first kappa shape index (κ1) is 22.5. The van der Waals surface area contributed by atoms with E-state index in [2.05, 4.69) is 25.6 Å². The molecule has 4 aromatic rings. The van der Waals surface area contributed by atoms with Crippen LogP contribution < -0.4 is 15.4 Å². The van der Waals surface area contributed by atoms with Gasteiger partial charge in [-0.3, -0.25) is 9.78 Å². The van der Waals surface area contributed by atoms with E-state index in [4.69, 9.17) is 4.74 Å². The Hall–Kier alpha value is -4.72. The number of anilines is 3. The molecule has 0 atom stereocenters. The number of methoxy groups -OCH3 is 1. The third kappa shape index (κ3) is 5.55. The van der Waals surface area contributed by atoms with Crippen LogP contribution in [-0.2, 0) is 4.79 Å². The van der Waals surface area contributed by atoms with Crippen molar-refractivity contribution >= 4 is 29.3 Å². The highest BCUT2D eigenvalue weighted by Crippen LogP contribution is 2.27. The van der Waals surface area contributed by atoms with Crippen LogP contribution in [0.3, 0.4) is 0 Å². The average Bonchev–Trinajstić information content (AvgIpc) is 2.85. The monoisotopic (exact) mass is 453 g/mol. The van der Waals surface area contributed by atoms with Crippen molar-refractivity contribution in [1.29, 1.82) is 0 Å². The smallest absolute Gasteiger partial charge is 0.248 e. The van der Waals surface area contributed by atoms with Gasteiger partial charge in [0, 0.05) is 41.6 Å². The Balaban J connectivity index is 1.46. The Kier molecular flexibility index (Phi) is 6.78. The van der Waals surface area contributed by atoms with E-state index in [1.54, 1.807) is 36.8 Å². The molecule has 8 nitrogen and oxygen atoms in total. The van der Waals surface area contributed by atoms with E-state index in [1.165, 1.54) is 19.3 Å². The topological polar surface area (TPSA) is 109 Å². The van der Waals surface area contributed by atoms with Crippen molar-refractivity contribution in [3.05, 3.63) is 90.4 Å². The summed E-state index contributed by atoms with van der Waals surface area (Å²) in [5.74, 6) is 0.512. The second-order valence-electron chi connectivity index (χ2n) is 7.42. The van der Waals surface area contributed by atoms with Gasteiger partial charge in [0.25, 0.3) is 0 Å². The largest absolute Gasteiger partial charge is 0.504 e. The minimum atomic E-state index is -0.306. The van der Waals surface area contributed by atoms with Crippen LogP contribution in [0.2, 0.25) is 0 Å². The van der Waals surface area contributed by atoms with E-state index in [0.29, 0.717) is 22.9 Å². The summed E-state index contributed by atoms with van der Waals surface area (Å²) in [7, 11) is 1.48. The number of ether oxygens (including phenoxy) is 1. The van der Waals surface area contributed by atoms with Gasteiger partial charge in [0.15, 0.2) is 11.5 Å². The molecular weight excluding hydrogens is 430 g/mol. The van der Waals surface area contributed by atoms with Crippen molar-refractivity contribution in [2.24, 2.45) is 0 Å². The molecule has 0 spiro atoms. The van der Waals surface area contributed by atoms with Crippen LogP contribution in [0.1, 0.15) is 11.1 Å². The molecule has 2 aromatic heterocycles. The number of phenolic OH excluding ortho intramolecular Hbond substituents is 1. The number of amides is 1. The highest BCUT2D eigenvalue weighted by atomic mass is 16.5. The van der Waals surface area contributed by atoms with E-state index < -0.39 is 0 Å². The standard InChI is InChI=1S/C26H23N5O3/c1-17-5-8-20(29-25(33)10-7-18-6-9-24(34-2)23(32)14-18)15-22(17)31-26-28-13-11-21(30-26)19-4-3-12-27-16-19/h3-16,32H,1-2H3,(H,29,33)(H,28,30,31)/b10-7+. The SMILES string of the molecule is COc1ccc(/C=C/C(=O)Nc2ccc(C)c(Nc3nccc(-c4cccnc4)n3)c2)cc1O. The Morgan fingerprint density at radius 3 is 2.74 bits per heavy atom. The Morgan fingerprint density at radius 2 is 1.97 bits per heavy atom. The normalized spacial score (nSPS) is 10.8. The van der Waals surface area contributed by atoms with Gasteiger partial charge >= 0.3 is 0 Å². The van der Waals surface area contributed by atoms with E-state index in [9.17, 15) is 9.90 Å². The summed E-state index contributed by atoms with van der Waals surface area (Å²) in [5.41, 5.74) is 4.67. The Labute approximate surface area is 197 Å². The number of aromatic nitrogens is 3. The fourth-order valence-corrected chi connectivity index (χ4v) is 3.22. The highest BCUT2D eigenvalue weighted by molar-refractivity contribution is 6.02. The number of hydrogen-bond donors (Lipinski definition) is 3. The molecule has 0 saturated heterocycles. The fraction of sp³-hybridized carbons (Fsp3) is 0.0769. The maximum Gasteiger partial charge on any atom is 0.248 e. The lowest BCUT2D eigenvalue weighted by molar-refractivity contribution is -0.111. The number of carbonyl (C=O) groups is 1. The first-order valence-electron chi connectivity index (χ1n) is 10.5. The number of rotatable bonds is 7. The molecule has 0 aliphatic carbocycles. The molecule has 2 aromatic carbocycles. The van der Waals surface area contributed by atoms with Gasteiger partial charge in [-0.1, -0.05) is 12.1 Å². The number of carbonyl (C=O) groups excluding carboxylic acids is 1. The van der Waals surface area contributed by atoms with Gasteiger partial charge in [-0.25, -0.2) is 9.97 Å². The van der Waals surface area contributed by atoms with Gasteiger partial charge in [0.05, 0.1) is 12.8 Å². The molecule has 0 aliphatic heterocycles. The number of nitrogens with zero attached hydrogens (tertiary/aromatic N) is 3. The molecular formula is C26H23N5O3. The van der Waals surface area contributed by atoms with Gasteiger partial charge in [0.2, 0.25) is 11.9 Å². The lowest BCUT2D eigenvalue weighted by Crippen LogP contribution is -2.08. The lowest BCUT2D eigenvalue weighted by Gasteiger charge is -2.11. The number of phenols is 1. The zero-order chi connectivity index (χ0) is 23.9. The summed E-state index contributed by atoms with van der Waals surface area (Å²) in [5, 5.41) is 15.9. The van der Waals surface area contributed by atoms with E-state index >= 15 is 0 Å². The molecule has 2 heterocycles. The van der Waals surface area contributed by atoms with Crippen molar-refractivity contribution in [2.75, 3.05) is 17.7 Å². The van der Waals surface area contributed by atoms with Gasteiger partial charge in [-0.2, -0.15) is 0 Å². The van der Waals surface area contributed by atoms with Crippen LogP contribution >= 0.6 is 0 Å². The Morgan fingerprint density at radius 1 is 1.09 bits per heavy atom. The molecule has 0 fully saturated rings. The molecule has 3 N–H and O–H groups in total. The summed E-state index contributed by atoms with van der Waals surface area (Å²) in [4.78, 5) is 25.4. The zero-order valence-corrected chi connectivity index (χ0v) is 18.7. The summed E-state index contributed by atoms with van der Waals surface area (Å²) in [6, 6.07) is 16.0. The van der Waals surface area contributed by atoms with Gasteiger partial charge in [0.1, 0.15) is 0 Å². The van der Waals surface area contributed by atoms with Gasteiger partial charge in [-0.05, 0) is 66.6 Å².